The third-order valence-electron chi connectivity index (χ3n) is 1.93. The first-order valence-electron chi connectivity index (χ1n) is 4.85. The van der Waals surface area contributed by atoms with E-state index in [1.807, 2.05) is 0 Å². The molecule has 0 rings (SSSR count). The molecule has 0 bridgehead atoms. The monoisotopic (exact) mass is 154 g/mol. The maximum Gasteiger partial charge on any atom is 0.119 e. The van der Waals surface area contributed by atoms with Gasteiger partial charge in [-0.05, 0) is 6.42 Å². The molecular weight excluding hydrogens is 135 g/mol. The van der Waals surface area contributed by atoms with Gasteiger partial charge >= 0.3 is 0 Å². The summed E-state index contributed by atoms with van der Waals surface area (Å²) in [5.74, 6) is 0. The molecule has 0 aliphatic rings. The van der Waals surface area contributed by atoms with Crippen molar-refractivity contribution in [3.8, 4) is 0 Å². The van der Waals surface area contributed by atoms with Crippen LogP contribution in [0.3, 0.4) is 0 Å². The third-order valence-corrected chi connectivity index (χ3v) is 1.93. The highest BCUT2D eigenvalue weighted by Gasteiger charge is 1.89. The summed E-state index contributed by atoms with van der Waals surface area (Å²) in [6.07, 6.45) is 10.8. The lowest BCUT2D eigenvalue weighted by Gasteiger charge is -1.97. The van der Waals surface area contributed by atoms with Gasteiger partial charge in [0.15, 0.2) is 0 Å². The standard InChI is InChI=1S/C9H19BO/c10-8-6-4-2-1-3-5-7-9-11/h9H,1-8,10H2. The lowest BCUT2D eigenvalue weighted by Crippen LogP contribution is -1.80. The van der Waals surface area contributed by atoms with Gasteiger partial charge in [-0.25, -0.2) is 0 Å². The first-order valence-corrected chi connectivity index (χ1v) is 4.85. The molecule has 0 aliphatic heterocycles. The molecule has 0 unspecified atom stereocenters. The Labute approximate surface area is 71.0 Å². The fourth-order valence-electron chi connectivity index (χ4n) is 1.18. The molecule has 0 heterocycles. The van der Waals surface area contributed by atoms with Crippen molar-refractivity contribution in [3.05, 3.63) is 0 Å². The van der Waals surface area contributed by atoms with Gasteiger partial charge in [0.1, 0.15) is 14.1 Å². The number of hydrogen-bond acceptors (Lipinski definition) is 1. The summed E-state index contributed by atoms with van der Waals surface area (Å²) >= 11 is 0. The quantitative estimate of drug-likeness (QED) is 0.296. The minimum Gasteiger partial charge on any atom is -0.303 e. The Morgan fingerprint density at radius 1 is 0.909 bits per heavy atom. The average molecular weight is 154 g/mol. The van der Waals surface area contributed by atoms with Gasteiger partial charge in [-0.3, -0.25) is 0 Å². The van der Waals surface area contributed by atoms with Gasteiger partial charge in [0.2, 0.25) is 0 Å². The second-order valence-corrected chi connectivity index (χ2v) is 3.08. The first kappa shape index (κ1) is 10.7. The summed E-state index contributed by atoms with van der Waals surface area (Å²) in [7, 11) is 2.23. The zero-order chi connectivity index (χ0) is 8.36. The van der Waals surface area contributed by atoms with Crippen molar-refractivity contribution in [3.63, 3.8) is 0 Å². The Morgan fingerprint density at radius 2 is 1.45 bits per heavy atom. The summed E-state index contributed by atoms with van der Waals surface area (Å²) in [6, 6.07) is 0. The van der Waals surface area contributed by atoms with E-state index in [0.29, 0.717) is 0 Å². The van der Waals surface area contributed by atoms with Crippen LogP contribution in [0.4, 0.5) is 0 Å². The summed E-state index contributed by atoms with van der Waals surface area (Å²) < 4.78 is 0. The van der Waals surface area contributed by atoms with Crippen molar-refractivity contribution < 1.29 is 4.79 Å². The molecule has 0 aliphatic carbocycles. The summed E-state index contributed by atoms with van der Waals surface area (Å²) in [4.78, 5) is 9.94. The summed E-state index contributed by atoms with van der Waals surface area (Å²) in [5, 5.41) is 0. The van der Waals surface area contributed by atoms with Gasteiger partial charge < -0.3 is 4.79 Å². The van der Waals surface area contributed by atoms with Gasteiger partial charge in [-0.2, -0.15) is 0 Å². The van der Waals surface area contributed by atoms with E-state index in [9.17, 15) is 4.79 Å². The number of rotatable bonds is 8. The molecule has 0 N–H and O–H groups in total. The highest BCUT2D eigenvalue weighted by molar-refractivity contribution is 6.08. The molecule has 0 aromatic carbocycles. The van der Waals surface area contributed by atoms with E-state index < -0.39 is 0 Å². The SMILES string of the molecule is BCCCCCCCCC=O. The number of aldehydes is 1. The fourth-order valence-corrected chi connectivity index (χ4v) is 1.18. The van der Waals surface area contributed by atoms with Crippen LogP contribution < -0.4 is 0 Å². The van der Waals surface area contributed by atoms with Crippen molar-refractivity contribution in [2.24, 2.45) is 0 Å². The van der Waals surface area contributed by atoms with E-state index in [4.69, 9.17) is 0 Å². The van der Waals surface area contributed by atoms with Crippen LogP contribution >= 0.6 is 0 Å². The Morgan fingerprint density at radius 3 is 2.00 bits per heavy atom. The van der Waals surface area contributed by atoms with E-state index in [1.165, 1.54) is 38.4 Å². The molecule has 0 atom stereocenters. The lowest BCUT2D eigenvalue weighted by molar-refractivity contribution is -0.107. The third kappa shape index (κ3) is 9.73. The molecule has 11 heavy (non-hydrogen) atoms. The summed E-state index contributed by atoms with van der Waals surface area (Å²) in [6.45, 7) is 0. The zero-order valence-corrected chi connectivity index (χ0v) is 7.64. The Kier molecular flexibility index (Phi) is 9.50. The van der Waals surface area contributed by atoms with Crippen molar-refractivity contribution in [1.82, 2.24) is 0 Å². The highest BCUT2D eigenvalue weighted by atomic mass is 16.1. The molecule has 1 nitrogen and oxygen atoms in total. The van der Waals surface area contributed by atoms with Gasteiger partial charge in [0.05, 0.1) is 0 Å². The van der Waals surface area contributed by atoms with Gasteiger partial charge in [-0.15, -0.1) is 0 Å². The maximum atomic E-state index is 9.94. The molecule has 0 aromatic heterocycles. The maximum absolute atomic E-state index is 9.94. The Balaban J connectivity index is 2.74. The van der Waals surface area contributed by atoms with Crippen LogP contribution in [0.25, 0.3) is 0 Å². The molecule has 2 heteroatoms. The van der Waals surface area contributed by atoms with Crippen molar-refractivity contribution in [2.45, 2.75) is 51.3 Å². The van der Waals surface area contributed by atoms with Crippen LogP contribution in [0.15, 0.2) is 0 Å². The van der Waals surface area contributed by atoms with Crippen LogP contribution in [0.1, 0.15) is 44.9 Å². The molecule has 0 aromatic rings. The predicted molar refractivity (Wildman–Crippen MR) is 51.7 cm³/mol. The fraction of sp³-hybridized carbons (Fsp3) is 0.889. The topological polar surface area (TPSA) is 17.1 Å². The number of carbonyl (C=O) groups is 1. The molecular formula is C9H19BO. The van der Waals surface area contributed by atoms with E-state index >= 15 is 0 Å². The molecule has 0 saturated carbocycles. The molecule has 0 saturated heterocycles. The van der Waals surface area contributed by atoms with Gasteiger partial charge in [-0.1, -0.05) is 38.4 Å². The van der Waals surface area contributed by atoms with E-state index in [-0.39, 0.29) is 0 Å². The molecule has 0 fully saturated rings. The van der Waals surface area contributed by atoms with E-state index in [2.05, 4.69) is 7.85 Å². The Hall–Kier alpha value is -0.265. The normalized spacial score (nSPS) is 9.82. The van der Waals surface area contributed by atoms with E-state index in [1.54, 1.807) is 0 Å². The van der Waals surface area contributed by atoms with Crippen molar-refractivity contribution in [1.29, 1.82) is 0 Å². The largest absolute Gasteiger partial charge is 0.303 e. The summed E-state index contributed by atoms with van der Waals surface area (Å²) in [5.41, 5.74) is 0. The Bertz CT molecular complexity index is 83.6. The zero-order valence-electron chi connectivity index (χ0n) is 7.64. The minimum atomic E-state index is 0.758. The number of hydrogen-bond donors (Lipinski definition) is 0. The van der Waals surface area contributed by atoms with Crippen LogP contribution in [0.5, 0.6) is 0 Å². The minimum absolute atomic E-state index is 0.758. The second kappa shape index (κ2) is 9.73. The number of unbranched alkanes of at least 4 members (excludes halogenated alkanes) is 6. The number of carbonyl (C=O) groups excluding carboxylic acids is 1. The molecule has 0 amide bonds. The first-order chi connectivity index (χ1) is 5.41. The lowest BCUT2D eigenvalue weighted by atomic mass is 9.98. The van der Waals surface area contributed by atoms with Crippen LogP contribution in [-0.2, 0) is 4.79 Å². The van der Waals surface area contributed by atoms with Crippen molar-refractivity contribution in [2.75, 3.05) is 0 Å². The second-order valence-electron chi connectivity index (χ2n) is 3.08. The van der Waals surface area contributed by atoms with Gasteiger partial charge in [0.25, 0.3) is 0 Å². The van der Waals surface area contributed by atoms with E-state index in [0.717, 1.165) is 19.1 Å². The molecule has 0 radical (unpaired) electrons. The molecule has 0 spiro atoms. The average Bonchev–Trinajstić information content (AvgIpc) is 2.03. The molecule has 64 valence electrons. The van der Waals surface area contributed by atoms with Crippen LogP contribution in [-0.4, -0.2) is 14.1 Å². The van der Waals surface area contributed by atoms with Crippen LogP contribution in [0, 0.1) is 0 Å². The smallest absolute Gasteiger partial charge is 0.119 e. The van der Waals surface area contributed by atoms with Crippen molar-refractivity contribution >= 4 is 14.1 Å². The highest BCUT2D eigenvalue weighted by Crippen LogP contribution is 2.06. The van der Waals surface area contributed by atoms with Crippen LogP contribution in [0.2, 0.25) is 6.32 Å². The predicted octanol–water partition coefficient (Wildman–Crippen LogP) is 1.97. The van der Waals surface area contributed by atoms with Gasteiger partial charge in [0, 0.05) is 6.42 Å².